The largest absolute Gasteiger partial charge is 0.377 e. The number of nitrogens with one attached hydrogen (secondary N) is 1. The van der Waals surface area contributed by atoms with Crippen LogP contribution in [0.2, 0.25) is 5.15 Å². The van der Waals surface area contributed by atoms with Gasteiger partial charge in [-0.15, -0.1) is 0 Å². The van der Waals surface area contributed by atoms with Crippen LogP contribution in [-0.4, -0.2) is 29.2 Å². The fourth-order valence-electron chi connectivity index (χ4n) is 1.23. The highest BCUT2D eigenvalue weighted by Gasteiger charge is 2.17. The van der Waals surface area contributed by atoms with Gasteiger partial charge in [-0.2, -0.15) is 0 Å². The molecule has 0 spiro atoms. The summed E-state index contributed by atoms with van der Waals surface area (Å²) in [6.45, 7) is 8.60. The molecule has 17 heavy (non-hydrogen) atoms. The fourth-order valence-corrected chi connectivity index (χ4v) is 1.42. The molecule has 1 N–H and O–H groups in total. The summed E-state index contributed by atoms with van der Waals surface area (Å²) in [5.41, 5.74) is 0.631. The molecule has 5 heteroatoms. The number of halogens is 1. The molecular formula is C12H20ClN3O. The predicted octanol–water partition coefficient (Wildman–Crippen LogP) is 2.84. The molecule has 0 aliphatic heterocycles. The SMILES string of the molecule is CCc1nc(Cl)c(C)c(NCC(C)(C)OC)n1. The van der Waals surface area contributed by atoms with Crippen molar-refractivity contribution < 1.29 is 4.74 Å². The molecule has 1 heterocycles. The minimum atomic E-state index is -0.240. The van der Waals surface area contributed by atoms with Gasteiger partial charge in [-0.05, 0) is 20.8 Å². The summed E-state index contributed by atoms with van der Waals surface area (Å²) in [5.74, 6) is 1.53. The van der Waals surface area contributed by atoms with E-state index in [1.807, 2.05) is 27.7 Å². The first kappa shape index (κ1) is 14.2. The zero-order chi connectivity index (χ0) is 13.1. The van der Waals surface area contributed by atoms with Gasteiger partial charge in [0.25, 0.3) is 0 Å². The van der Waals surface area contributed by atoms with Crippen LogP contribution in [0.5, 0.6) is 0 Å². The quantitative estimate of drug-likeness (QED) is 0.824. The van der Waals surface area contributed by atoms with Crippen molar-refractivity contribution >= 4 is 17.4 Å². The van der Waals surface area contributed by atoms with Gasteiger partial charge in [-0.3, -0.25) is 0 Å². The maximum Gasteiger partial charge on any atom is 0.137 e. The van der Waals surface area contributed by atoms with Crippen LogP contribution in [0.25, 0.3) is 0 Å². The van der Waals surface area contributed by atoms with E-state index in [1.165, 1.54) is 0 Å². The number of ether oxygens (including phenoxy) is 1. The molecule has 0 saturated carbocycles. The van der Waals surface area contributed by atoms with Crippen molar-refractivity contribution in [2.75, 3.05) is 19.0 Å². The zero-order valence-corrected chi connectivity index (χ0v) is 11.9. The minimum Gasteiger partial charge on any atom is -0.377 e. The number of anilines is 1. The van der Waals surface area contributed by atoms with Gasteiger partial charge in [0.2, 0.25) is 0 Å². The molecule has 0 bridgehead atoms. The molecular weight excluding hydrogens is 238 g/mol. The molecule has 0 radical (unpaired) electrons. The maximum absolute atomic E-state index is 6.06. The van der Waals surface area contributed by atoms with Crippen molar-refractivity contribution in [1.82, 2.24) is 9.97 Å². The second kappa shape index (κ2) is 5.65. The number of aryl methyl sites for hydroxylation is 1. The Kier molecular flexibility index (Phi) is 4.71. The molecule has 0 fully saturated rings. The predicted molar refractivity (Wildman–Crippen MR) is 70.7 cm³/mol. The number of hydrogen-bond acceptors (Lipinski definition) is 4. The molecule has 0 aromatic carbocycles. The van der Waals surface area contributed by atoms with Crippen LogP contribution >= 0.6 is 11.6 Å². The average molecular weight is 258 g/mol. The summed E-state index contributed by atoms with van der Waals surface area (Å²) in [6.07, 6.45) is 0.766. The summed E-state index contributed by atoms with van der Waals surface area (Å²) >= 11 is 6.06. The van der Waals surface area contributed by atoms with Gasteiger partial charge in [0.1, 0.15) is 16.8 Å². The summed E-state index contributed by atoms with van der Waals surface area (Å²) in [4.78, 5) is 8.63. The number of nitrogens with zero attached hydrogens (tertiary/aromatic N) is 2. The van der Waals surface area contributed by atoms with Crippen molar-refractivity contribution in [1.29, 1.82) is 0 Å². The van der Waals surface area contributed by atoms with Crippen LogP contribution < -0.4 is 5.32 Å². The van der Waals surface area contributed by atoms with Crippen molar-refractivity contribution in [3.05, 3.63) is 16.5 Å². The Morgan fingerprint density at radius 2 is 2.00 bits per heavy atom. The fraction of sp³-hybridized carbons (Fsp3) is 0.667. The maximum atomic E-state index is 6.06. The Morgan fingerprint density at radius 3 is 2.53 bits per heavy atom. The Balaban J connectivity index is 2.87. The lowest BCUT2D eigenvalue weighted by Crippen LogP contribution is -2.32. The summed E-state index contributed by atoms with van der Waals surface area (Å²) in [6, 6.07) is 0. The van der Waals surface area contributed by atoms with E-state index in [0.717, 1.165) is 23.6 Å². The summed E-state index contributed by atoms with van der Waals surface area (Å²) in [5, 5.41) is 3.77. The lowest BCUT2D eigenvalue weighted by Gasteiger charge is -2.24. The standard InChI is InChI=1S/C12H20ClN3O/c1-6-9-15-10(13)8(2)11(16-9)14-7-12(3,4)17-5/h6-7H2,1-5H3,(H,14,15,16). The van der Waals surface area contributed by atoms with E-state index >= 15 is 0 Å². The molecule has 0 atom stereocenters. The van der Waals surface area contributed by atoms with Crippen LogP contribution in [0, 0.1) is 6.92 Å². The van der Waals surface area contributed by atoms with E-state index in [9.17, 15) is 0 Å². The molecule has 1 rings (SSSR count). The molecule has 0 unspecified atom stereocenters. The van der Waals surface area contributed by atoms with Gasteiger partial charge < -0.3 is 10.1 Å². The molecule has 1 aromatic heterocycles. The molecule has 0 aliphatic rings. The van der Waals surface area contributed by atoms with E-state index in [-0.39, 0.29) is 5.60 Å². The summed E-state index contributed by atoms with van der Waals surface area (Å²) in [7, 11) is 1.69. The van der Waals surface area contributed by atoms with Crippen LogP contribution in [0.4, 0.5) is 5.82 Å². The third kappa shape index (κ3) is 3.82. The highest BCUT2D eigenvalue weighted by molar-refractivity contribution is 6.30. The van der Waals surface area contributed by atoms with Crippen LogP contribution in [0.1, 0.15) is 32.2 Å². The molecule has 0 saturated heterocycles. The molecule has 4 nitrogen and oxygen atoms in total. The molecule has 0 amide bonds. The lowest BCUT2D eigenvalue weighted by atomic mass is 10.1. The normalized spacial score (nSPS) is 11.6. The van der Waals surface area contributed by atoms with Gasteiger partial charge in [0.05, 0.1) is 5.60 Å². The van der Waals surface area contributed by atoms with Gasteiger partial charge in [0.15, 0.2) is 0 Å². The monoisotopic (exact) mass is 257 g/mol. The van der Waals surface area contributed by atoms with Crippen LogP contribution in [-0.2, 0) is 11.2 Å². The second-order valence-corrected chi connectivity index (χ2v) is 4.93. The van der Waals surface area contributed by atoms with Crippen molar-refractivity contribution in [3.63, 3.8) is 0 Å². The third-order valence-electron chi connectivity index (χ3n) is 2.68. The van der Waals surface area contributed by atoms with E-state index in [2.05, 4.69) is 15.3 Å². The van der Waals surface area contributed by atoms with E-state index in [4.69, 9.17) is 16.3 Å². The van der Waals surface area contributed by atoms with Gasteiger partial charge in [-0.25, -0.2) is 9.97 Å². The number of rotatable bonds is 5. The van der Waals surface area contributed by atoms with Crippen molar-refractivity contribution in [2.45, 2.75) is 39.7 Å². The first-order valence-corrected chi connectivity index (χ1v) is 6.09. The Hall–Kier alpha value is -0.870. The Morgan fingerprint density at radius 1 is 1.35 bits per heavy atom. The summed E-state index contributed by atoms with van der Waals surface area (Å²) < 4.78 is 5.35. The highest BCUT2D eigenvalue weighted by atomic mass is 35.5. The second-order valence-electron chi connectivity index (χ2n) is 4.58. The molecule has 1 aromatic rings. The lowest BCUT2D eigenvalue weighted by molar-refractivity contribution is 0.0343. The van der Waals surface area contributed by atoms with E-state index in [1.54, 1.807) is 7.11 Å². The van der Waals surface area contributed by atoms with Gasteiger partial charge in [0, 0.05) is 25.6 Å². The smallest absolute Gasteiger partial charge is 0.137 e. The van der Waals surface area contributed by atoms with Gasteiger partial charge >= 0.3 is 0 Å². The third-order valence-corrected chi connectivity index (χ3v) is 3.05. The van der Waals surface area contributed by atoms with E-state index < -0.39 is 0 Å². The topological polar surface area (TPSA) is 47.0 Å². The molecule has 96 valence electrons. The van der Waals surface area contributed by atoms with Gasteiger partial charge in [-0.1, -0.05) is 18.5 Å². The Labute approximate surface area is 108 Å². The first-order chi connectivity index (χ1) is 7.89. The first-order valence-electron chi connectivity index (χ1n) is 5.71. The van der Waals surface area contributed by atoms with Crippen molar-refractivity contribution in [2.24, 2.45) is 0 Å². The van der Waals surface area contributed by atoms with Crippen molar-refractivity contribution in [3.8, 4) is 0 Å². The zero-order valence-electron chi connectivity index (χ0n) is 11.1. The average Bonchev–Trinajstić information content (AvgIpc) is 2.31. The highest BCUT2D eigenvalue weighted by Crippen LogP contribution is 2.21. The number of hydrogen-bond donors (Lipinski definition) is 1. The number of aromatic nitrogens is 2. The minimum absolute atomic E-state index is 0.240. The molecule has 0 aliphatic carbocycles. The number of methoxy groups -OCH3 is 1. The van der Waals surface area contributed by atoms with Crippen LogP contribution in [0.3, 0.4) is 0 Å². The Bertz CT molecular complexity index is 394. The van der Waals surface area contributed by atoms with E-state index in [0.29, 0.717) is 11.7 Å². The van der Waals surface area contributed by atoms with Crippen LogP contribution in [0.15, 0.2) is 0 Å².